The fourth-order valence-corrected chi connectivity index (χ4v) is 8.57. The van der Waals surface area contributed by atoms with Gasteiger partial charge in [-0.15, -0.1) is 0 Å². The molecule has 70 heavy (non-hydrogen) atoms. The molecule has 2 unspecified atom stereocenters. The molecule has 0 fully saturated rings. The number of rotatable bonds is 6. The van der Waals surface area contributed by atoms with Crippen molar-refractivity contribution in [2.24, 2.45) is 0 Å². The summed E-state index contributed by atoms with van der Waals surface area (Å²) >= 11 is 0. The average Bonchev–Trinajstić information content (AvgIpc) is 3.35. The van der Waals surface area contributed by atoms with E-state index < -0.39 is 52.7 Å². The van der Waals surface area contributed by atoms with E-state index in [1.807, 2.05) is 24.3 Å². The van der Waals surface area contributed by atoms with Crippen molar-refractivity contribution in [2.45, 2.75) is 38.6 Å². The number of carbonyl (C=O) groups is 4. The van der Waals surface area contributed by atoms with Gasteiger partial charge in [0.2, 0.25) is 0 Å². The molecule has 18 heteroatoms. The zero-order valence-corrected chi connectivity index (χ0v) is 40.5. The van der Waals surface area contributed by atoms with Gasteiger partial charge in [-0.05, 0) is 130 Å². The van der Waals surface area contributed by atoms with Gasteiger partial charge in [0.25, 0.3) is 11.8 Å². The summed E-state index contributed by atoms with van der Waals surface area (Å²) in [5.74, 6) is 10.0. The Morgan fingerprint density at radius 3 is 1.09 bits per heavy atom. The van der Waals surface area contributed by atoms with Crippen molar-refractivity contribution in [3.05, 3.63) is 211 Å². The summed E-state index contributed by atoms with van der Waals surface area (Å²) in [7, 11) is -6.97. The van der Waals surface area contributed by atoms with Crippen LogP contribution in [0.15, 0.2) is 133 Å². The zero-order valence-electron chi connectivity index (χ0n) is 38.7. The van der Waals surface area contributed by atoms with Gasteiger partial charge in [-0.1, -0.05) is 60.1 Å². The quantitative estimate of drug-likeness (QED) is 0.103. The molecule has 0 aliphatic carbocycles. The van der Waals surface area contributed by atoms with Crippen molar-refractivity contribution in [3.63, 3.8) is 0 Å². The van der Waals surface area contributed by atoms with Crippen LogP contribution in [0.4, 0.5) is 0 Å². The van der Waals surface area contributed by atoms with Gasteiger partial charge in [-0.2, -0.15) is 0 Å². The van der Waals surface area contributed by atoms with Crippen LogP contribution in [0, 0.1) is 23.7 Å². The summed E-state index contributed by atoms with van der Waals surface area (Å²) < 4.78 is 46.1. The van der Waals surface area contributed by atoms with Crippen LogP contribution < -0.4 is 58.1 Å². The standard InChI is InChI=1S/C52H44N2O12P2.2Li/c1-63-67(59,60)33-47-27-46-32-66-52(58)42-25-17-38(18-26-42)10-8-36-13-21-40(22-14-36)50(56)54-30-44-6-4-3-5-43(44)29-53-49(55)39-19-11-35(12-20-39)7-9-37-15-23-41(24-16-37)51(57)65-31-45(47)28-48(46)34-68(61,62)64-2;;/h3-6,11-28H,29-34H2,1-2H3,(H,53,55)(H,54,56)(H,59,60)(H,61,62);;/q;2*+1/p-2. The second-order valence-electron chi connectivity index (χ2n) is 15.4. The van der Waals surface area contributed by atoms with Crippen LogP contribution >= 0.6 is 15.2 Å². The number of hydrogen-bond acceptors (Lipinski definition) is 12. The van der Waals surface area contributed by atoms with Gasteiger partial charge in [-0.3, -0.25) is 9.59 Å². The van der Waals surface area contributed by atoms with Crippen molar-refractivity contribution in [1.82, 2.24) is 10.6 Å². The SMILES string of the molecule is COP(=O)([O-])Cc1cc2c(CP(=O)([O-])OC)cc1COC(=O)c1ccc(cc1)C#Cc1ccc(cc1)C(=O)NCc1ccccc1CNC(=O)c1ccc(cc1)C#Cc1ccc(cc1)C(=O)OC2.[Li+].[Li+]. The van der Waals surface area contributed by atoms with E-state index in [0.717, 1.165) is 25.3 Å². The maximum atomic E-state index is 13.3. The molecule has 12 heterocycles. The molecule has 0 saturated heterocycles. The third kappa shape index (κ3) is 15.2. The van der Waals surface area contributed by atoms with Crippen molar-refractivity contribution in [2.75, 3.05) is 14.2 Å². The molecule has 0 spiro atoms. The smallest absolute Gasteiger partial charge is 0.778 e. The molecule has 0 saturated carbocycles. The largest absolute Gasteiger partial charge is 1.00 e. The molecule has 10 bridgehead atoms. The Hall–Kier alpha value is -6.19. The van der Waals surface area contributed by atoms with E-state index in [4.69, 9.17) is 18.5 Å². The fraction of sp³-hybridized carbons (Fsp3) is 0.154. The zero-order chi connectivity index (χ0) is 48.3. The fourth-order valence-electron chi connectivity index (χ4n) is 6.89. The minimum absolute atomic E-state index is 0. The Balaban J connectivity index is 0.00000456. The van der Waals surface area contributed by atoms with Crippen molar-refractivity contribution in [3.8, 4) is 23.7 Å². The molecule has 344 valence electrons. The minimum Gasteiger partial charge on any atom is -0.778 e. The van der Waals surface area contributed by atoms with Crippen LogP contribution in [0.3, 0.4) is 0 Å². The van der Waals surface area contributed by atoms with Crippen LogP contribution in [0.2, 0.25) is 0 Å². The summed E-state index contributed by atoms with van der Waals surface area (Å²) in [6.07, 6.45) is -1.31. The summed E-state index contributed by atoms with van der Waals surface area (Å²) in [6, 6.07) is 36.2. The first-order valence-electron chi connectivity index (χ1n) is 20.9. The predicted molar refractivity (Wildman–Crippen MR) is 248 cm³/mol. The van der Waals surface area contributed by atoms with Crippen molar-refractivity contribution < 1.29 is 94.3 Å². The van der Waals surface area contributed by atoms with Gasteiger partial charge < -0.3 is 48.1 Å². The Kier molecular flexibility index (Phi) is 19.6. The second-order valence-corrected chi connectivity index (χ2v) is 19.2. The van der Waals surface area contributed by atoms with E-state index >= 15 is 0 Å². The number of hydrogen-bond donors (Lipinski definition) is 2. The molecule has 0 radical (unpaired) electrons. The maximum Gasteiger partial charge on any atom is 1.00 e. The predicted octanol–water partition coefficient (Wildman–Crippen LogP) is 0.781. The number of esters is 2. The molecule has 12 aliphatic heterocycles. The molecular formula is C52H42Li2N2O12P2. The average molecular weight is 963 g/mol. The van der Waals surface area contributed by atoms with E-state index in [-0.39, 0.29) is 96.0 Å². The summed E-state index contributed by atoms with van der Waals surface area (Å²) in [5, 5.41) is 5.88. The number of amides is 2. The van der Waals surface area contributed by atoms with E-state index in [2.05, 4.69) is 34.3 Å². The van der Waals surface area contributed by atoms with Gasteiger partial charge in [0.15, 0.2) is 0 Å². The topological polar surface area (TPSA) is 210 Å². The monoisotopic (exact) mass is 962 g/mol. The van der Waals surface area contributed by atoms with Crippen LogP contribution in [0.5, 0.6) is 0 Å². The Morgan fingerprint density at radius 2 is 0.786 bits per heavy atom. The second kappa shape index (κ2) is 25.1. The molecule has 12 aliphatic rings. The summed E-state index contributed by atoms with van der Waals surface area (Å²) in [5.41, 5.74) is 5.83. The van der Waals surface area contributed by atoms with E-state index in [0.29, 0.717) is 33.4 Å². The van der Waals surface area contributed by atoms with Crippen LogP contribution in [0.25, 0.3) is 0 Å². The number of carbonyl (C=O) groups excluding carboxylic acids is 4. The Labute approximate surface area is 429 Å². The van der Waals surface area contributed by atoms with Gasteiger partial charge >= 0.3 is 49.7 Å². The van der Waals surface area contributed by atoms with Gasteiger partial charge in [-0.25, -0.2) is 9.59 Å². The minimum atomic E-state index is -4.48. The molecular weight excluding hydrogens is 920 g/mol. The summed E-state index contributed by atoms with van der Waals surface area (Å²) in [6.45, 7) is -0.457. The van der Waals surface area contributed by atoms with E-state index in [1.54, 1.807) is 72.8 Å². The molecule has 2 atom stereocenters. The van der Waals surface area contributed by atoms with Gasteiger partial charge in [0, 0.05) is 73.0 Å². The van der Waals surface area contributed by atoms with Crippen LogP contribution in [0.1, 0.15) is 97.1 Å². The molecule has 6 aromatic rings. The number of nitrogens with one attached hydrogen (secondary N) is 2. The number of ether oxygens (including phenoxy) is 2. The molecule has 2 amide bonds. The van der Waals surface area contributed by atoms with Gasteiger partial charge in [0.1, 0.15) is 28.4 Å². The first-order chi connectivity index (χ1) is 32.7. The summed E-state index contributed by atoms with van der Waals surface area (Å²) in [4.78, 5) is 78.3. The van der Waals surface area contributed by atoms with E-state index in [9.17, 15) is 38.1 Å². The van der Waals surface area contributed by atoms with Crippen LogP contribution in [-0.4, -0.2) is 38.0 Å². The Morgan fingerprint density at radius 1 is 0.486 bits per heavy atom. The molecule has 0 aromatic heterocycles. The maximum absolute atomic E-state index is 13.3. The van der Waals surface area contributed by atoms with Crippen molar-refractivity contribution >= 4 is 38.9 Å². The van der Waals surface area contributed by atoms with Gasteiger partial charge in [0.05, 0.1) is 11.1 Å². The molecule has 2 N–H and O–H groups in total. The Bertz CT molecular complexity index is 2900. The molecule has 18 rings (SSSR count). The van der Waals surface area contributed by atoms with Crippen molar-refractivity contribution in [1.29, 1.82) is 0 Å². The molecule has 14 nitrogen and oxygen atoms in total. The first kappa shape index (κ1) is 54.8. The molecule has 6 aromatic carbocycles. The third-order valence-electron chi connectivity index (χ3n) is 10.8. The first-order valence-corrected chi connectivity index (χ1v) is 24.4. The number of benzene rings is 6. The normalized spacial score (nSPS) is 14.7. The van der Waals surface area contributed by atoms with E-state index in [1.165, 1.54) is 36.4 Å². The third-order valence-corrected chi connectivity index (χ3v) is 13.3. The van der Waals surface area contributed by atoms with Crippen LogP contribution in [-0.2, 0) is 66.3 Å².